The number of nitriles is 1. The van der Waals surface area contributed by atoms with Crippen LogP contribution in [0.2, 0.25) is 0 Å². The van der Waals surface area contributed by atoms with Crippen molar-refractivity contribution in [1.82, 2.24) is 5.32 Å². The van der Waals surface area contributed by atoms with Crippen LogP contribution in [0.1, 0.15) is 25.3 Å². The molecule has 18 heavy (non-hydrogen) atoms. The number of unbranched alkanes of at least 4 members (excludes halogenated alkanes) is 1. The molecule has 4 heteroatoms. The number of hydrogen-bond acceptors (Lipinski definition) is 4. The molecular formula is C14H20N2O2. The van der Waals surface area contributed by atoms with E-state index >= 15 is 0 Å². The van der Waals surface area contributed by atoms with E-state index in [2.05, 4.69) is 18.3 Å². The number of rotatable bonds is 8. The first-order valence-corrected chi connectivity index (χ1v) is 6.28. The van der Waals surface area contributed by atoms with Gasteiger partial charge in [-0.3, -0.25) is 0 Å². The van der Waals surface area contributed by atoms with Gasteiger partial charge in [-0.15, -0.1) is 0 Å². The van der Waals surface area contributed by atoms with E-state index < -0.39 is 6.10 Å². The minimum absolute atomic E-state index is 0.192. The van der Waals surface area contributed by atoms with E-state index in [0.29, 0.717) is 17.9 Å². The molecule has 0 fully saturated rings. The Kier molecular flexibility index (Phi) is 6.85. The summed E-state index contributed by atoms with van der Waals surface area (Å²) < 4.78 is 5.43. The molecule has 1 unspecified atom stereocenters. The van der Waals surface area contributed by atoms with Gasteiger partial charge in [0, 0.05) is 6.54 Å². The van der Waals surface area contributed by atoms with Crippen molar-refractivity contribution in [1.29, 1.82) is 5.26 Å². The van der Waals surface area contributed by atoms with E-state index in [1.807, 2.05) is 6.07 Å². The molecule has 0 heterocycles. The summed E-state index contributed by atoms with van der Waals surface area (Å²) in [6, 6.07) is 9.08. The molecule has 98 valence electrons. The molecule has 0 saturated carbocycles. The average molecular weight is 248 g/mol. The lowest BCUT2D eigenvalue weighted by Crippen LogP contribution is -2.32. The first kappa shape index (κ1) is 14.5. The van der Waals surface area contributed by atoms with Crippen molar-refractivity contribution in [3.8, 4) is 11.8 Å². The van der Waals surface area contributed by atoms with E-state index in [4.69, 9.17) is 10.00 Å². The third-order valence-electron chi connectivity index (χ3n) is 2.53. The van der Waals surface area contributed by atoms with Crippen LogP contribution in [-0.4, -0.2) is 30.9 Å². The van der Waals surface area contributed by atoms with Crippen LogP contribution < -0.4 is 10.1 Å². The lowest BCUT2D eigenvalue weighted by atomic mass is 10.2. The summed E-state index contributed by atoms with van der Waals surface area (Å²) in [5.74, 6) is 0.521. The average Bonchev–Trinajstić information content (AvgIpc) is 2.41. The van der Waals surface area contributed by atoms with E-state index in [1.165, 1.54) is 0 Å². The molecule has 0 saturated heterocycles. The Balaban J connectivity index is 2.29. The second kappa shape index (κ2) is 8.51. The Morgan fingerprint density at radius 2 is 2.22 bits per heavy atom. The Bertz CT molecular complexity index is 388. The Labute approximate surface area is 108 Å². The maximum Gasteiger partial charge on any atom is 0.137 e. The summed E-state index contributed by atoms with van der Waals surface area (Å²) in [5.41, 5.74) is 0.489. The Hall–Kier alpha value is -1.57. The van der Waals surface area contributed by atoms with Crippen molar-refractivity contribution >= 4 is 0 Å². The summed E-state index contributed by atoms with van der Waals surface area (Å²) in [6.45, 7) is 3.73. The van der Waals surface area contributed by atoms with Crippen LogP contribution in [0.5, 0.6) is 5.75 Å². The van der Waals surface area contributed by atoms with Gasteiger partial charge in [0.25, 0.3) is 0 Å². The zero-order valence-corrected chi connectivity index (χ0v) is 10.7. The largest absolute Gasteiger partial charge is 0.489 e. The third-order valence-corrected chi connectivity index (χ3v) is 2.53. The maximum absolute atomic E-state index is 9.70. The summed E-state index contributed by atoms with van der Waals surface area (Å²) in [7, 11) is 0. The molecule has 0 aromatic heterocycles. The highest BCUT2D eigenvalue weighted by molar-refractivity contribution is 5.42. The second-order valence-corrected chi connectivity index (χ2v) is 4.13. The molecule has 1 rings (SSSR count). The predicted molar refractivity (Wildman–Crippen MR) is 70.4 cm³/mol. The number of hydrogen-bond donors (Lipinski definition) is 2. The van der Waals surface area contributed by atoms with Gasteiger partial charge >= 0.3 is 0 Å². The molecule has 0 spiro atoms. The van der Waals surface area contributed by atoms with Gasteiger partial charge in [-0.2, -0.15) is 5.26 Å². The van der Waals surface area contributed by atoms with Gasteiger partial charge in [0.05, 0.1) is 5.56 Å². The van der Waals surface area contributed by atoms with Crippen molar-refractivity contribution in [2.45, 2.75) is 25.9 Å². The lowest BCUT2D eigenvalue weighted by Gasteiger charge is -2.13. The Morgan fingerprint density at radius 1 is 1.44 bits per heavy atom. The van der Waals surface area contributed by atoms with Crippen molar-refractivity contribution in [3.63, 3.8) is 0 Å². The molecule has 0 aliphatic heterocycles. The van der Waals surface area contributed by atoms with Crippen LogP contribution in [-0.2, 0) is 0 Å². The lowest BCUT2D eigenvalue weighted by molar-refractivity contribution is 0.106. The zero-order valence-electron chi connectivity index (χ0n) is 10.7. The van der Waals surface area contributed by atoms with Crippen molar-refractivity contribution in [2.24, 2.45) is 0 Å². The molecule has 0 bridgehead atoms. The molecule has 1 aromatic rings. The molecule has 1 atom stereocenters. The first-order chi connectivity index (χ1) is 8.77. The SMILES string of the molecule is CCCCNCC(O)COc1ccccc1C#N. The first-order valence-electron chi connectivity index (χ1n) is 6.28. The molecule has 4 nitrogen and oxygen atoms in total. The monoisotopic (exact) mass is 248 g/mol. The van der Waals surface area contributed by atoms with Gasteiger partial charge in [0.1, 0.15) is 24.5 Å². The van der Waals surface area contributed by atoms with Gasteiger partial charge < -0.3 is 15.2 Å². The van der Waals surface area contributed by atoms with Crippen LogP contribution in [0.25, 0.3) is 0 Å². The molecule has 0 radical (unpaired) electrons. The molecule has 2 N–H and O–H groups in total. The van der Waals surface area contributed by atoms with E-state index in [1.54, 1.807) is 18.2 Å². The number of para-hydroxylation sites is 1. The van der Waals surface area contributed by atoms with Crippen LogP contribution in [0, 0.1) is 11.3 Å². The molecule has 1 aromatic carbocycles. The Morgan fingerprint density at radius 3 is 2.94 bits per heavy atom. The minimum Gasteiger partial charge on any atom is -0.489 e. The van der Waals surface area contributed by atoms with E-state index in [9.17, 15) is 5.11 Å². The number of ether oxygens (including phenoxy) is 1. The quantitative estimate of drug-likeness (QED) is 0.687. The number of nitrogens with zero attached hydrogens (tertiary/aromatic N) is 1. The highest BCUT2D eigenvalue weighted by atomic mass is 16.5. The van der Waals surface area contributed by atoms with Gasteiger partial charge in [-0.25, -0.2) is 0 Å². The highest BCUT2D eigenvalue weighted by Gasteiger charge is 2.07. The summed E-state index contributed by atoms with van der Waals surface area (Å²) >= 11 is 0. The highest BCUT2D eigenvalue weighted by Crippen LogP contribution is 2.16. The van der Waals surface area contributed by atoms with Crippen LogP contribution in [0.15, 0.2) is 24.3 Å². The molecular weight excluding hydrogens is 228 g/mol. The molecule has 0 aliphatic rings. The van der Waals surface area contributed by atoms with Gasteiger partial charge in [0.2, 0.25) is 0 Å². The summed E-state index contributed by atoms with van der Waals surface area (Å²) in [4.78, 5) is 0. The molecule has 0 aliphatic carbocycles. The predicted octanol–water partition coefficient (Wildman–Crippen LogP) is 1.69. The topological polar surface area (TPSA) is 65.3 Å². The smallest absolute Gasteiger partial charge is 0.137 e. The van der Waals surface area contributed by atoms with Gasteiger partial charge in [-0.1, -0.05) is 25.5 Å². The van der Waals surface area contributed by atoms with Crippen LogP contribution in [0.4, 0.5) is 0 Å². The summed E-state index contributed by atoms with van der Waals surface area (Å²) in [6.07, 6.45) is 1.67. The zero-order chi connectivity index (χ0) is 13.2. The van der Waals surface area contributed by atoms with Gasteiger partial charge in [0.15, 0.2) is 0 Å². The fourth-order valence-corrected chi connectivity index (χ4v) is 1.50. The normalized spacial score (nSPS) is 11.8. The van der Waals surface area contributed by atoms with Crippen molar-refractivity contribution in [3.05, 3.63) is 29.8 Å². The van der Waals surface area contributed by atoms with E-state index in [0.717, 1.165) is 19.4 Å². The van der Waals surface area contributed by atoms with Gasteiger partial charge in [-0.05, 0) is 25.1 Å². The van der Waals surface area contributed by atoms with Crippen molar-refractivity contribution < 1.29 is 9.84 Å². The fraction of sp³-hybridized carbons (Fsp3) is 0.500. The number of nitrogens with one attached hydrogen (secondary N) is 1. The van der Waals surface area contributed by atoms with Crippen molar-refractivity contribution in [2.75, 3.05) is 19.7 Å². The fourth-order valence-electron chi connectivity index (χ4n) is 1.50. The third kappa shape index (κ3) is 5.17. The number of aliphatic hydroxyl groups excluding tert-OH is 1. The number of aliphatic hydroxyl groups is 1. The number of benzene rings is 1. The minimum atomic E-state index is -0.561. The summed E-state index contributed by atoms with van der Waals surface area (Å²) in [5, 5.41) is 21.7. The second-order valence-electron chi connectivity index (χ2n) is 4.13. The standard InChI is InChI=1S/C14H20N2O2/c1-2-3-8-16-10-13(17)11-18-14-7-5-4-6-12(14)9-15/h4-7,13,16-17H,2-3,8,10-11H2,1H3. The van der Waals surface area contributed by atoms with Crippen LogP contribution in [0.3, 0.4) is 0 Å². The van der Waals surface area contributed by atoms with Crippen LogP contribution >= 0.6 is 0 Å². The molecule has 0 amide bonds. The van der Waals surface area contributed by atoms with E-state index in [-0.39, 0.29) is 6.61 Å². The maximum atomic E-state index is 9.70.